The van der Waals surface area contributed by atoms with Gasteiger partial charge in [-0.2, -0.15) is 5.10 Å². The van der Waals surface area contributed by atoms with Crippen LogP contribution in [0.25, 0.3) is 11.4 Å². The van der Waals surface area contributed by atoms with Crippen LogP contribution in [0.4, 0.5) is 0 Å². The number of amides is 1. The number of nitrogens with two attached hydrogens (primary N) is 1. The Morgan fingerprint density at radius 1 is 1.21 bits per heavy atom. The Hall–Kier alpha value is -3.33. The molecule has 1 aromatic carbocycles. The van der Waals surface area contributed by atoms with Gasteiger partial charge in [-0.3, -0.25) is 14.2 Å². The standard InChI is InChI=1S/C20H23N7O2/c1-12(21)19-23-18(14-7-5-4-6-8-14)24-27(19)11-17(28)26-9-15-16(10-26)22-13(2)25(3)20(15)29/h4-8,12H,9-11,21H2,1-3H3/t12-/m0/s1. The average Bonchev–Trinajstić information content (AvgIpc) is 3.31. The summed E-state index contributed by atoms with van der Waals surface area (Å²) in [5.41, 5.74) is 8.04. The van der Waals surface area contributed by atoms with Crippen LogP contribution in [0.15, 0.2) is 35.1 Å². The Morgan fingerprint density at radius 2 is 1.93 bits per heavy atom. The Morgan fingerprint density at radius 3 is 2.62 bits per heavy atom. The normalized spacial score (nSPS) is 14.1. The molecule has 0 aliphatic carbocycles. The number of hydrogen-bond donors (Lipinski definition) is 1. The van der Waals surface area contributed by atoms with Crippen molar-refractivity contribution in [3.05, 3.63) is 63.6 Å². The van der Waals surface area contributed by atoms with Gasteiger partial charge in [0.15, 0.2) is 5.82 Å². The van der Waals surface area contributed by atoms with Crippen LogP contribution in [-0.2, 0) is 31.5 Å². The molecular formula is C20H23N7O2. The summed E-state index contributed by atoms with van der Waals surface area (Å²) in [4.78, 5) is 36.0. The van der Waals surface area contributed by atoms with Crippen molar-refractivity contribution in [2.75, 3.05) is 0 Å². The fraction of sp³-hybridized carbons (Fsp3) is 0.350. The molecule has 0 saturated heterocycles. The minimum Gasteiger partial charge on any atom is -0.331 e. The Kier molecular flexibility index (Phi) is 4.75. The van der Waals surface area contributed by atoms with Crippen LogP contribution in [0.1, 0.15) is 35.9 Å². The van der Waals surface area contributed by atoms with E-state index in [1.165, 1.54) is 4.57 Å². The van der Waals surface area contributed by atoms with Gasteiger partial charge in [-0.05, 0) is 13.8 Å². The van der Waals surface area contributed by atoms with Crippen LogP contribution in [0.2, 0.25) is 0 Å². The van der Waals surface area contributed by atoms with E-state index in [4.69, 9.17) is 5.73 Å². The highest BCUT2D eigenvalue weighted by Crippen LogP contribution is 2.21. The summed E-state index contributed by atoms with van der Waals surface area (Å²) in [6.45, 7) is 4.16. The number of carbonyl (C=O) groups excluding carboxylic acids is 1. The molecule has 1 amide bonds. The van der Waals surface area contributed by atoms with Gasteiger partial charge in [0.2, 0.25) is 5.91 Å². The molecule has 2 aromatic heterocycles. The van der Waals surface area contributed by atoms with Crippen molar-refractivity contribution < 1.29 is 4.79 Å². The van der Waals surface area contributed by atoms with Crippen molar-refractivity contribution in [3.63, 3.8) is 0 Å². The summed E-state index contributed by atoms with van der Waals surface area (Å²) >= 11 is 0. The third-order valence-corrected chi connectivity index (χ3v) is 5.16. The molecule has 0 saturated carbocycles. The van der Waals surface area contributed by atoms with E-state index >= 15 is 0 Å². The smallest absolute Gasteiger partial charge is 0.258 e. The summed E-state index contributed by atoms with van der Waals surface area (Å²) in [7, 11) is 1.69. The first-order chi connectivity index (χ1) is 13.8. The van der Waals surface area contributed by atoms with Gasteiger partial charge in [0, 0.05) is 12.6 Å². The van der Waals surface area contributed by atoms with Gasteiger partial charge in [-0.25, -0.2) is 14.6 Å². The van der Waals surface area contributed by atoms with Gasteiger partial charge in [0.25, 0.3) is 5.56 Å². The van der Waals surface area contributed by atoms with Gasteiger partial charge < -0.3 is 10.6 Å². The largest absolute Gasteiger partial charge is 0.331 e. The molecule has 9 heteroatoms. The topological polar surface area (TPSA) is 112 Å². The zero-order valence-electron chi connectivity index (χ0n) is 16.7. The molecule has 9 nitrogen and oxygen atoms in total. The highest BCUT2D eigenvalue weighted by atomic mass is 16.2. The Balaban J connectivity index is 1.58. The third kappa shape index (κ3) is 3.44. The number of benzene rings is 1. The second kappa shape index (κ2) is 7.25. The van der Waals surface area contributed by atoms with Gasteiger partial charge in [0.1, 0.15) is 18.2 Å². The van der Waals surface area contributed by atoms with Crippen molar-refractivity contribution >= 4 is 5.91 Å². The number of carbonyl (C=O) groups is 1. The van der Waals surface area contributed by atoms with Crippen LogP contribution in [0, 0.1) is 6.92 Å². The molecule has 0 fully saturated rings. The molecule has 4 rings (SSSR count). The SMILES string of the molecule is Cc1nc2c(c(=O)n1C)CN(C(=O)Cn1nc(-c3ccccc3)nc1[C@H](C)N)C2. The fourth-order valence-corrected chi connectivity index (χ4v) is 3.45. The van der Waals surface area contributed by atoms with Crippen molar-refractivity contribution in [2.24, 2.45) is 12.8 Å². The van der Waals surface area contributed by atoms with Crippen LogP contribution in [-0.4, -0.2) is 35.1 Å². The lowest BCUT2D eigenvalue weighted by atomic mass is 10.2. The zero-order chi connectivity index (χ0) is 20.7. The number of hydrogen-bond acceptors (Lipinski definition) is 6. The summed E-state index contributed by atoms with van der Waals surface area (Å²) in [6.07, 6.45) is 0. The van der Waals surface area contributed by atoms with Gasteiger partial charge in [-0.15, -0.1) is 0 Å². The lowest BCUT2D eigenvalue weighted by Gasteiger charge is -2.16. The highest BCUT2D eigenvalue weighted by Gasteiger charge is 2.29. The summed E-state index contributed by atoms with van der Waals surface area (Å²) < 4.78 is 3.06. The number of aromatic nitrogens is 5. The van der Waals surface area contributed by atoms with E-state index in [1.54, 1.807) is 23.6 Å². The van der Waals surface area contributed by atoms with E-state index < -0.39 is 0 Å². The molecule has 3 heterocycles. The zero-order valence-corrected chi connectivity index (χ0v) is 16.7. The van der Waals surface area contributed by atoms with Crippen molar-refractivity contribution in [1.29, 1.82) is 0 Å². The minimum atomic E-state index is -0.375. The maximum absolute atomic E-state index is 12.9. The molecule has 1 atom stereocenters. The summed E-state index contributed by atoms with van der Waals surface area (Å²) in [5, 5.41) is 4.50. The molecule has 1 aliphatic rings. The summed E-state index contributed by atoms with van der Waals surface area (Å²) in [5.74, 6) is 1.54. The quantitative estimate of drug-likeness (QED) is 0.705. The second-order valence-electron chi connectivity index (χ2n) is 7.30. The first kappa shape index (κ1) is 19.0. The van der Waals surface area contributed by atoms with Crippen LogP contribution in [0.5, 0.6) is 0 Å². The second-order valence-corrected chi connectivity index (χ2v) is 7.30. The monoisotopic (exact) mass is 393 g/mol. The molecule has 0 unspecified atom stereocenters. The van der Waals surface area contributed by atoms with Crippen LogP contribution >= 0.6 is 0 Å². The molecule has 0 radical (unpaired) electrons. The number of fused-ring (bicyclic) bond motifs is 1. The molecule has 3 aromatic rings. The van der Waals surface area contributed by atoms with E-state index in [9.17, 15) is 9.59 Å². The molecule has 0 spiro atoms. The first-order valence-electron chi connectivity index (χ1n) is 9.44. The van der Waals surface area contributed by atoms with Gasteiger partial charge >= 0.3 is 0 Å². The Bertz CT molecular complexity index is 1130. The predicted molar refractivity (Wildman–Crippen MR) is 107 cm³/mol. The predicted octanol–water partition coefficient (Wildman–Crippen LogP) is 0.909. The molecular weight excluding hydrogens is 370 g/mol. The molecule has 0 bridgehead atoms. The van der Waals surface area contributed by atoms with Crippen LogP contribution < -0.4 is 11.3 Å². The van der Waals surface area contributed by atoms with E-state index in [-0.39, 0.29) is 30.6 Å². The third-order valence-electron chi connectivity index (χ3n) is 5.16. The van der Waals surface area contributed by atoms with E-state index in [2.05, 4.69) is 15.1 Å². The number of nitrogens with zero attached hydrogens (tertiary/aromatic N) is 6. The van der Waals surface area contributed by atoms with Gasteiger partial charge in [-0.1, -0.05) is 30.3 Å². The maximum atomic E-state index is 12.9. The van der Waals surface area contributed by atoms with Crippen molar-refractivity contribution in [1.82, 2.24) is 29.2 Å². The first-order valence-corrected chi connectivity index (χ1v) is 9.44. The molecule has 150 valence electrons. The lowest BCUT2D eigenvalue weighted by Crippen LogP contribution is -2.31. The molecule has 1 aliphatic heterocycles. The molecule has 2 N–H and O–H groups in total. The maximum Gasteiger partial charge on any atom is 0.258 e. The van der Waals surface area contributed by atoms with Crippen molar-refractivity contribution in [2.45, 2.75) is 39.5 Å². The van der Waals surface area contributed by atoms with Gasteiger partial charge in [0.05, 0.1) is 30.4 Å². The molecule has 29 heavy (non-hydrogen) atoms. The van der Waals surface area contributed by atoms with E-state index in [0.717, 1.165) is 5.56 Å². The van der Waals surface area contributed by atoms with Crippen molar-refractivity contribution in [3.8, 4) is 11.4 Å². The number of rotatable bonds is 4. The number of aryl methyl sites for hydroxylation is 1. The Labute approximate surface area is 167 Å². The minimum absolute atomic E-state index is 0.00396. The van der Waals surface area contributed by atoms with E-state index in [1.807, 2.05) is 37.3 Å². The average molecular weight is 393 g/mol. The van der Waals surface area contributed by atoms with Crippen LogP contribution in [0.3, 0.4) is 0 Å². The summed E-state index contributed by atoms with van der Waals surface area (Å²) in [6, 6.07) is 9.18. The fourth-order valence-electron chi connectivity index (χ4n) is 3.45. The lowest BCUT2D eigenvalue weighted by molar-refractivity contribution is -0.132. The highest BCUT2D eigenvalue weighted by molar-refractivity contribution is 5.76. The van der Waals surface area contributed by atoms with E-state index in [0.29, 0.717) is 35.3 Å².